The quantitative estimate of drug-likeness (QED) is 0.513. The van der Waals surface area contributed by atoms with Crippen LogP contribution in [-0.4, -0.2) is 15.0 Å². The number of aromatic nitrogens is 3. The van der Waals surface area contributed by atoms with Crippen LogP contribution in [0.5, 0.6) is 0 Å². The van der Waals surface area contributed by atoms with Gasteiger partial charge in [0.25, 0.3) is 0 Å². The topological polar surface area (TPSA) is 41.6 Å². The molecular weight excluding hydrogens is 314 g/mol. The third kappa shape index (κ3) is 2.34. The molecule has 0 fully saturated rings. The maximum Gasteiger partial charge on any atom is 0.128 e. The van der Waals surface area contributed by atoms with Crippen molar-refractivity contribution in [2.45, 2.75) is 16.8 Å². The van der Waals surface area contributed by atoms with Gasteiger partial charge in [-0.3, -0.25) is 0 Å². The van der Waals surface area contributed by atoms with Crippen molar-refractivity contribution in [3.8, 4) is 0 Å². The molecule has 1 N–H and O–H groups in total. The molecule has 3 nitrogen and oxygen atoms in total. The number of aryl methyl sites for hydroxylation is 1. The van der Waals surface area contributed by atoms with Crippen LogP contribution in [-0.2, 0) is 0 Å². The first-order chi connectivity index (χ1) is 10.7. The van der Waals surface area contributed by atoms with Crippen molar-refractivity contribution in [1.29, 1.82) is 0 Å². The fraction of sp³-hybridized carbons (Fsp3) is 0.0588. The Hall–Kier alpha value is -2.04. The van der Waals surface area contributed by atoms with Crippen molar-refractivity contribution >= 4 is 45.3 Å². The van der Waals surface area contributed by atoms with Gasteiger partial charge in [-0.2, -0.15) is 0 Å². The second-order valence-corrected chi connectivity index (χ2v) is 6.63. The van der Waals surface area contributed by atoms with Crippen LogP contribution in [0, 0.1) is 6.92 Å². The van der Waals surface area contributed by atoms with Crippen molar-refractivity contribution in [3.63, 3.8) is 0 Å². The largest absolute Gasteiger partial charge is 0.351 e. The van der Waals surface area contributed by atoms with E-state index in [1.807, 2.05) is 24.3 Å². The van der Waals surface area contributed by atoms with Gasteiger partial charge >= 0.3 is 0 Å². The molecule has 0 unspecified atom stereocenters. The van der Waals surface area contributed by atoms with E-state index in [1.165, 1.54) is 5.56 Å². The first kappa shape index (κ1) is 13.6. The number of halogens is 1. The van der Waals surface area contributed by atoms with E-state index in [9.17, 15) is 0 Å². The van der Waals surface area contributed by atoms with E-state index in [-0.39, 0.29) is 0 Å². The van der Waals surface area contributed by atoms with E-state index in [1.54, 1.807) is 18.1 Å². The van der Waals surface area contributed by atoms with Crippen LogP contribution in [0.25, 0.3) is 21.9 Å². The van der Waals surface area contributed by atoms with Gasteiger partial charge in [-0.1, -0.05) is 41.1 Å². The molecule has 0 saturated heterocycles. The summed E-state index contributed by atoms with van der Waals surface area (Å²) in [7, 11) is 0. The van der Waals surface area contributed by atoms with Gasteiger partial charge in [-0.05, 0) is 37.3 Å². The summed E-state index contributed by atoms with van der Waals surface area (Å²) in [6, 6.07) is 14.1. The average Bonchev–Trinajstić information content (AvgIpc) is 2.87. The molecule has 0 aliphatic rings. The van der Waals surface area contributed by atoms with E-state index in [2.05, 4.69) is 40.1 Å². The summed E-state index contributed by atoms with van der Waals surface area (Å²) in [5, 5.41) is 2.76. The molecular formula is C17H12ClN3S. The Morgan fingerprint density at radius 2 is 2.00 bits per heavy atom. The van der Waals surface area contributed by atoms with Crippen LogP contribution in [0.15, 0.2) is 58.7 Å². The molecule has 0 atom stereocenters. The Morgan fingerprint density at radius 3 is 2.86 bits per heavy atom. The van der Waals surface area contributed by atoms with Gasteiger partial charge in [0.1, 0.15) is 16.9 Å². The van der Waals surface area contributed by atoms with Gasteiger partial charge in [0.15, 0.2) is 0 Å². The number of H-pyrrole nitrogens is 1. The Kier molecular flexibility index (Phi) is 3.28. The number of hydrogen-bond acceptors (Lipinski definition) is 3. The third-order valence-corrected chi connectivity index (χ3v) is 4.74. The van der Waals surface area contributed by atoms with Gasteiger partial charge in [0, 0.05) is 20.8 Å². The van der Waals surface area contributed by atoms with Gasteiger partial charge in [0.05, 0.1) is 5.52 Å². The Morgan fingerprint density at radius 1 is 1.09 bits per heavy atom. The molecule has 108 valence electrons. The molecule has 2 aromatic heterocycles. The van der Waals surface area contributed by atoms with Crippen molar-refractivity contribution in [2.24, 2.45) is 0 Å². The minimum atomic E-state index is 0.725. The Labute approximate surface area is 136 Å². The lowest BCUT2D eigenvalue weighted by Crippen LogP contribution is -1.85. The molecule has 0 amide bonds. The number of benzene rings is 2. The van der Waals surface area contributed by atoms with Gasteiger partial charge in [0.2, 0.25) is 0 Å². The monoisotopic (exact) mass is 325 g/mol. The first-order valence-corrected chi connectivity index (χ1v) is 8.06. The van der Waals surface area contributed by atoms with Crippen LogP contribution in [0.2, 0.25) is 5.02 Å². The summed E-state index contributed by atoms with van der Waals surface area (Å²) in [6.45, 7) is 2.08. The smallest absolute Gasteiger partial charge is 0.128 e. The average molecular weight is 326 g/mol. The van der Waals surface area contributed by atoms with Crippen LogP contribution < -0.4 is 0 Å². The molecule has 0 saturated carbocycles. The molecule has 0 aliphatic carbocycles. The van der Waals surface area contributed by atoms with E-state index in [0.717, 1.165) is 36.9 Å². The normalized spacial score (nSPS) is 11.4. The maximum absolute atomic E-state index is 6.06. The number of rotatable bonds is 2. The zero-order valence-corrected chi connectivity index (χ0v) is 13.4. The standard InChI is InChI=1S/C17H12ClN3S/c1-10-5-6-14-13(7-10)15-16(21-14)17(20-9-19-15)22-12-4-2-3-11(18)8-12/h2-9,21H,1H3. The van der Waals surface area contributed by atoms with Gasteiger partial charge in [-0.25, -0.2) is 9.97 Å². The van der Waals surface area contributed by atoms with Crippen molar-refractivity contribution in [2.75, 3.05) is 0 Å². The molecule has 2 heterocycles. The predicted molar refractivity (Wildman–Crippen MR) is 91.7 cm³/mol. The minimum Gasteiger partial charge on any atom is -0.351 e. The molecule has 0 radical (unpaired) electrons. The van der Waals surface area contributed by atoms with Crippen LogP contribution in [0.3, 0.4) is 0 Å². The molecule has 0 aliphatic heterocycles. The number of nitrogens with one attached hydrogen (secondary N) is 1. The summed E-state index contributed by atoms with van der Waals surface area (Å²) in [4.78, 5) is 13.4. The van der Waals surface area contributed by atoms with E-state index < -0.39 is 0 Å². The molecule has 4 rings (SSSR count). The van der Waals surface area contributed by atoms with Crippen LogP contribution in [0.4, 0.5) is 0 Å². The van der Waals surface area contributed by atoms with Crippen molar-refractivity contribution < 1.29 is 0 Å². The highest BCUT2D eigenvalue weighted by Crippen LogP contribution is 2.34. The molecule has 0 spiro atoms. The van der Waals surface area contributed by atoms with Crippen molar-refractivity contribution in [3.05, 3.63) is 59.4 Å². The van der Waals surface area contributed by atoms with Gasteiger partial charge in [-0.15, -0.1) is 0 Å². The highest BCUT2D eigenvalue weighted by Gasteiger charge is 2.11. The summed E-state index contributed by atoms with van der Waals surface area (Å²) in [5.41, 5.74) is 4.22. The van der Waals surface area contributed by atoms with E-state index in [4.69, 9.17) is 11.6 Å². The summed E-state index contributed by atoms with van der Waals surface area (Å²) >= 11 is 7.64. The number of aromatic amines is 1. The highest BCUT2D eigenvalue weighted by atomic mass is 35.5. The second-order valence-electron chi connectivity index (χ2n) is 5.14. The lowest BCUT2D eigenvalue weighted by atomic mass is 10.2. The number of fused-ring (bicyclic) bond motifs is 3. The summed E-state index contributed by atoms with van der Waals surface area (Å²) in [6.07, 6.45) is 1.62. The molecule has 22 heavy (non-hydrogen) atoms. The lowest BCUT2D eigenvalue weighted by molar-refractivity contribution is 1.09. The Bertz CT molecular complexity index is 994. The third-order valence-electron chi connectivity index (χ3n) is 3.51. The SMILES string of the molecule is Cc1ccc2[nH]c3c(Sc4cccc(Cl)c4)ncnc3c2c1. The summed E-state index contributed by atoms with van der Waals surface area (Å²) in [5.74, 6) is 0. The van der Waals surface area contributed by atoms with E-state index >= 15 is 0 Å². The first-order valence-electron chi connectivity index (χ1n) is 6.87. The van der Waals surface area contributed by atoms with Gasteiger partial charge < -0.3 is 4.98 Å². The maximum atomic E-state index is 6.06. The minimum absolute atomic E-state index is 0.725. The molecule has 5 heteroatoms. The van der Waals surface area contributed by atoms with Crippen LogP contribution >= 0.6 is 23.4 Å². The fourth-order valence-electron chi connectivity index (χ4n) is 2.50. The second kappa shape index (κ2) is 5.30. The summed E-state index contributed by atoms with van der Waals surface area (Å²) < 4.78 is 0. The number of nitrogens with zero attached hydrogens (tertiary/aromatic N) is 2. The number of hydrogen-bond donors (Lipinski definition) is 1. The van der Waals surface area contributed by atoms with E-state index in [0.29, 0.717) is 0 Å². The fourth-order valence-corrected chi connectivity index (χ4v) is 3.66. The van der Waals surface area contributed by atoms with Crippen LogP contribution in [0.1, 0.15) is 5.56 Å². The van der Waals surface area contributed by atoms with Crippen molar-refractivity contribution in [1.82, 2.24) is 15.0 Å². The highest BCUT2D eigenvalue weighted by molar-refractivity contribution is 7.99. The molecule has 2 aromatic carbocycles. The zero-order chi connectivity index (χ0) is 15.1. The predicted octanol–water partition coefficient (Wildman–Crippen LogP) is 5.22. The Balaban J connectivity index is 1.89. The molecule has 4 aromatic rings. The lowest BCUT2D eigenvalue weighted by Gasteiger charge is -2.02. The molecule has 0 bridgehead atoms. The zero-order valence-electron chi connectivity index (χ0n) is 11.8.